The van der Waals surface area contributed by atoms with Gasteiger partial charge in [0.15, 0.2) is 11.4 Å². The van der Waals surface area contributed by atoms with Crippen molar-refractivity contribution in [3.63, 3.8) is 0 Å². The Balaban J connectivity index is 1.46. The third-order valence-electron chi connectivity index (χ3n) is 4.01. The van der Waals surface area contributed by atoms with Crippen LogP contribution in [0.5, 0.6) is 0 Å². The second-order valence-electron chi connectivity index (χ2n) is 5.44. The lowest BCUT2D eigenvalue weighted by atomic mass is 10.2. The van der Waals surface area contributed by atoms with Gasteiger partial charge in [0, 0.05) is 25.3 Å². The molecule has 6 nitrogen and oxygen atoms in total. The first-order valence-electron chi connectivity index (χ1n) is 7.54. The van der Waals surface area contributed by atoms with Gasteiger partial charge in [-0.05, 0) is 37.1 Å². The molecule has 1 saturated heterocycles. The molecule has 0 saturated carbocycles. The van der Waals surface area contributed by atoms with E-state index in [4.69, 9.17) is 4.42 Å². The number of hydrogen-bond acceptors (Lipinski definition) is 6. The van der Waals surface area contributed by atoms with E-state index in [-0.39, 0.29) is 0 Å². The van der Waals surface area contributed by atoms with Crippen molar-refractivity contribution < 1.29 is 4.42 Å². The average molecular weight is 295 g/mol. The highest BCUT2D eigenvalue weighted by Gasteiger charge is 2.26. The van der Waals surface area contributed by atoms with Crippen molar-refractivity contribution in [1.82, 2.24) is 15.2 Å². The Bertz CT molecular complexity index is 724. The number of anilines is 2. The normalized spacial score (nSPS) is 18.0. The summed E-state index contributed by atoms with van der Waals surface area (Å²) in [5.74, 6) is 0.935. The second-order valence-corrected chi connectivity index (χ2v) is 5.44. The highest BCUT2D eigenvalue weighted by Crippen LogP contribution is 2.24. The Morgan fingerprint density at radius 3 is 3.05 bits per heavy atom. The average Bonchev–Trinajstić information content (AvgIpc) is 3.20. The van der Waals surface area contributed by atoms with Crippen LogP contribution in [-0.2, 0) is 0 Å². The summed E-state index contributed by atoms with van der Waals surface area (Å²) >= 11 is 0. The van der Waals surface area contributed by atoms with Crippen LogP contribution in [0.15, 0.2) is 47.0 Å². The molecule has 22 heavy (non-hydrogen) atoms. The SMILES string of the molecule is c1cnnc(N2CCC[C@H]2CNc2nc3ccccc3o2)c1. The molecule has 0 radical (unpaired) electrons. The van der Waals surface area contributed by atoms with Crippen molar-refractivity contribution in [3.05, 3.63) is 42.6 Å². The number of nitrogens with zero attached hydrogens (tertiary/aromatic N) is 4. The molecule has 1 atom stereocenters. The molecule has 0 aliphatic carbocycles. The molecule has 1 aliphatic rings. The Hall–Kier alpha value is -2.63. The summed E-state index contributed by atoms with van der Waals surface area (Å²) in [5, 5.41) is 11.5. The molecule has 3 heterocycles. The van der Waals surface area contributed by atoms with Gasteiger partial charge < -0.3 is 14.6 Å². The van der Waals surface area contributed by atoms with E-state index in [2.05, 4.69) is 25.4 Å². The number of rotatable bonds is 4. The van der Waals surface area contributed by atoms with E-state index in [0.717, 1.165) is 42.8 Å². The van der Waals surface area contributed by atoms with Crippen LogP contribution in [0.4, 0.5) is 11.8 Å². The highest BCUT2D eigenvalue weighted by molar-refractivity contribution is 5.74. The standard InChI is InChI=1S/C16H17N5O/c1-2-7-14-13(6-1)19-16(22-14)17-11-12-5-4-10-21(12)15-8-3-9-18-20-15/h1-3,6-9,12H,4-5,10-11H2,(H,17,19)/t12-/m0/s1. The second kappa shape index (κ2) is 5.63. The molecular formula is C16H17N5O. The van der Waals surface area contributed by atoms with Gasteiger partial charge in [-0.15, -0.1) is 5.10 Å². The maximum Gasteiger partial charge on any atom is 0.295 e. The van der Waals surface area contributed by atoms with Gasteiger partial charge in [0.1, 0.15) is 5.52 Å². The molecule has 6 heteroatoms. The summed E-state index contributed by atoms with van der Waals surface area (Å²) in [6.45, 7) is 1.79. The first kappa shape index (κ1) is 13.1. The number of fused-ring (bicyclic) bond motifs is 1. The minimum atomic E-state index is 0.381. The number of hydrogen-bond donors (Lipinski definition) is 1. The summed E-state index contributed by atoms with van der Waals surface area (Å²) in [4.78, 5) is 6.74. The Morgan fingerprint density at radius 1 is 1.23 bits per heavy atom. The molecule has 0 amide bonds. The number of aromatic nitrogens is 3. The van der Waals surface area contributed by atoms with Gasteiger partial charge in [0.25, 0.3) is 6.01 Å². The number of nitrogens with one attached hydrogen (secondary N) is 1. The summed E-state index contributed by atoms with van der Waals surface area (Å²) in [5.41, 5.74) is 1.68. The fourth-order valence-corrected chi connectivity index (χ4v) is 2.95. The fourth-order valence-electron chi connectivity index (χ4n) is 2.95. The van der Waals surface area contributed by atoms with Gasteiger partial charge >= 0.3 is 0 Å². The van der Waals surface area contributed by atoms with E-state index in [9.17, 15) is 0 Å². The summed E-state index contributed by atoms with van der Waals surface area (Å²) < 4.78 is 5.70. The predicted octanol–water partition coefficient (Wildman–Crippen LogP) is 2.70. The lowest BCUT2D eigenvalue weighted by molar-refractivity contribution is 0.600. The Kier molecular flexibility index (Phi) is 3.34. The number of benzene rings is 1. The van der Waals surface area contributed by atoms with Gasteiger partial charge in [-0.3, -0.25) is 0 Å². The third-order valence-corrected chi connectivity index (χ3v) is 4.01. The minimum absolute atomic E-state index is 0.381. The number of oxazole rings is 1. The quantitative estimate of drug-likeness (QED) is 0.798. The summed E-state index contributed by atoms with van der Waals surface area (Å²) in [6, 6.07) is 12.7. The van der Waals surface area contributed by atoms with E-state index in [1.165, 1.54) is 0 Å². The van der Waals surface area contributed by atoms with E-state index in [1.54, 1.807) is 6.20 Å². The molecular weight excluding hydrogens is 278 g/mol. The van der Waals surface area contributed by atoms with Crippen LogP contribution in [-0.4, -0.2) is 34.3 Å². The van der Waals surface area contributed by atoms with Crippen LogP contribution in [0, 0.1) is 0 Å². The van der Waals surface area contributed by atoms with Crippen molar-refractivity contribution >= 4 is 22.9 Å². The van der Waals surface area contributed by atoms with Crippen LogP contribution in [0.2, 0.25) is 0 Å². The van der Waals surface area contributed by atoms with Crippen LogP contribution in [0.25, 0.3) is 11.1 Å². The highest BCUT2D eigenvalue weighted by atomic mass is 16.4. The van der Waals surface area contributed by atoms with Gasteiger partial charge in [-0.25, -0.2) is 0 Å². The molecule has 0 unspecified atom stereocenters. The predicted molar refractivity (Wildman–Crippen MR) is 84.9 cm³/mol. The zero-order chi connectivity index (χ0) is 14.8. The Labute approximate surface area is 128 Å². The monoisotopic (exact) mass is 295 g/mol. The first-order chi connectivity index (χ1) is 10.9. The minimum Gasteiger partial charge on any atom is -0.424 e. The van der Waals surface area contributed by atoms with Crippen LogP contribution in [0.1, 0.15) is 12.8 Å². The summed E-state index contributed by atoms with van der Waals surface area (Å²) in [6.07, 6.45) is 3.99. The van der Waals surface area contributed by atoms with Gasteiger partial charge in [0.2, 0.25) is 0 Å². The topological polar surface area (TPSA) is 67.1 Å². The van der Waals surface area contributed by atoms with Gasteiger partial charge in [0.05, 0.1) is 0 Å². The molecule has 0 spiro atoms. The Morgan fingerprint density at radius 2 is 2.18 bits per heavy atom. The number of para-hydroxylation sites is 2. The molecule has 1 fully saturated rings. The molecule has 4 rings (SSSR count). The largest absolute Gasteiger partial charge is 0.424 e. The van der Waals surface area contributed by atoms with Gasteiger partial charge in [-0.1, -0.05) is 12.1 Å². The maximum absolute atomic E-state index is 5.70. The zero-order valence-corrected chi connectivity index (χ0v) is 12.1. The van der Waals surface area contributed by atoms with Gasteiger partial charge in [-0.2, -0.15) is 10.1 Å². The third kappa shape index (κ3) is 2.47. The maximum atomic E-state index is 5.70. The van der Waals surface area contributed by atoms with Crippen molar-refractivity contribution in [2.24, 2.45) is 0 Å². The molecule has 1 aliphatic heterocycles. The van der Waals surface area contributed by atoms with Crippen molar-refractivity contribution in [3.8, 4) is 0 Å². The van der Waals surface area contributed by atoms with Crippen LogP contribution < -0.4 is 10.2 Å². The lowest BCUT2D eigenvalue weighted by Gasteiger charge is -2.24. The van der Waals surface area contributed by atoms with Crippen molar-refractivity contribution in [1.29, 1.82) is 0 Å². The molecule has 1 aromatic carbocycles. The fraction of sp³-hybridized carbons (Fsp3) is 0.312. The zero-order valence-electron chi connectivity index (χ0n) is 12.1. The molecule has 2 aromatic heterocycles. The first-order valence-corrected chi connectivity index (χ1v) is 7.54. The van der Waals surface area contributed by atoms with E-state index in [1.807, 2.05) is 36.4 Å². The lowest BCUT2D eigenvalue weighted by Crippen LogP contribution is -2.35. The van der Waals surface area contributed by atoms with E-state index >= 15 is 0 Å². The van der Waals surface area contributed by atoms with Crippen LogP contribution >= 0.6 is 0 Å². The van der Waals surface area contributed by atoms with Crippen molar-refractivity contribution in [2.75, 3.05) is 23.3 Å². The summed E-state index contributed by atoms with van der Waals surface area (Å²) in [7, 11) is 0. The van der Waals surface area contributed by atoms with Crippen LogP contribution in [0.3, 0.4) is 0 Å². The van der Waals surface area contributed by atoms with Crippen molar-refractivity contribution in [2.45, 2.75) is 18.9 Å². The molecule has 1 N–H and O–H groups in total. The molecule has 0 bridgehead atoms. The molecule has 3 aromatic rings. The smallest absolute Gasteiger partial charge is 0.295 e. The molecule has 112 valence electrons. The van der Waals surface area contributed by atoms with E-state index < -0.39 is 0 Å². The van der Waals surface area contributed by atoms with E-state index in [0.29, 0.717) is 12.1 Å².